The van der Waals surface area contributed by atoms with Crippen LogP contribution in [0.15, 0.2) is 36.5 Å². The van der Waals surface area contributed by atoms with E-state index in [9.17, 15) is 14.7 Å². The molecule has 2 aliphatic rings. The standard InChI is InChI=1S/C26H34N4O3/c1-18(31)30-14-11-22(12-15-30)28-26-27-13-10-24(29-26)25(33)9-8-23(32)7-6-19-16-20-4-2-3-5-21(20)17-19/h2-5,10,13,19,22-23,32H,6-9,11-12,14-17H2,1H3,(H,27,28,29). The predicted molar refractivity (Wildman–Crippen MR) is 127 cm³/mol. The van der Waals surface area contributed by atoms with Crippen LogP contribution in [0.25, 0.3) is 0 Å². The zero-order valence-corrected chi connectivity index (χ0v) is 19.4. The number of anilines is 1. The van der Waals surface area contributed by atoms with Crippen LogP contribution in [0, 0.1) is 5.92 Å². The number of likely N-dealkylation sites (tertiary alicyclic amines) is 1. The molecular formula is C26H34N4O3. The van der Waals surface area contributed by atoms with Crippen molar-refractivity contribution in [2.45, 2.75) is 70.4 Å². The summed E-state index contributed by atoms with van der Waals surface area (Å²) in [6.07, 6.45) is 7.41. The van der Waals surface area contributed by atoms with E-state index in [4.69, 9.17) is 0 Å². The maximum absolute atomic E-state index is 12.6. The van der Waals surface area contributed by atoms with Gasteiger partial charge in [0.05, 0.1) is 6.10 Å². The van der Waals surface area contributed by atoms with Crippen LogP contribution in [0.3, 0.4) is 0 Å². The van der Waals surface area contributed by atoms with E-state index < -0.39 is 6.10 Å². The summed E-state index contributed by atoms with van der Waals surface area (Å²) in [6, 6.07) is 10.4. The molecule has 1 fully saturated rings. The number of nitrogens with zero attached hydrogens (tertiary/aromatic N) is 3. The first-order valence-corrected chi connectivity index (χ1v) is 12.1. The van der Waals surface area contributed by atoms with Crippen molar-refractivity contribution in [3.63, 3.8) is 0 Å². The Labute approximate surface area is 195 Å². The third-order valence-electron chi connectivity index (χ3n) is 6.96. The lowest BCUT2D eigenvalue weighted by atomic mass is 9.96. The van der Waals surface area contributed by atoms with Crippen molar-refractivity contribution >= 4 is 17.6 Å². The minimum Gasteiger partial charge on any atom is -0.393 e. The Morgan fingerprint density at radius 3 is 2.48 bits per heavy atom. The fraction of sp³-hybridized carbons (Fsp3) is 0.538. The Bertz CT molecular complexity index is 947. The molecule has 0 radical (unpaired) electrons. The highest BCUT2D eigenvalue weighted by Gasteiger charge is 2.23. The number of hydrogen-bond donors (Lipinski definition) is 2. The molecule has 0 spiro atoms. The fourth-order valence-electron chi connectivity index (χ4n) is 4.96. The summed E-state index contributed by atoms with van der Waals surface area (Å²) in [5, 5.41) is 13.7. The second kappa shape index (κ2) is 10.9. The van der Waals surface area contributed by atoms with Gasteiger partial charge in [0.1, 0.15) is 5.69 Å². The van der Waals surface area contributed by atoms with Gasteiger partial charge < -0.3 is 15.3 Å². The van der Waals surface area contributed by atoms with Gasteiger partial charge >= 0.3 is 0 Å². The number of Topliss-reactive ketones (excluding diaryl/α,β-unsaturated/α-hetero) is 1. The summed E-state index contributed by atoms with van der Waals surface area (Å²) in [5.41, 5.74) is 3.25. The van der Waals surface area contributed by atoms with Crippen LogP contribution < -0.4 is 5.32 Å². The van der Waals surface area contributed by atoms with Crippen LogP contribution >= 0.6 is 0 Å². The molecule has 2 heterocycles. The number of aliphatic hydroxyl groups excluding tert-OH is 1. The third kappa shape index (κ3) is 6.38. The van der Waals surface area contributed by atoms with E-state index >= 15 is 0 Å². The lowest BCUT2D eigenvalue weighted by Gasteiger charge is -2.31. The zero-order chi connectivity index (χ0) is 23.2. The summed E-state index contributed by atoms with van der Waals surface area (Å²) < 4.78 is 0. The smallest absolute Gasteiger partial charge is 0.223 e. The van der Waals surface area contributed by atoms with Gasteiger partial charge in [0, 0.05) is 38.7 Å². The number of piperidine rings is 1. The molecule has 7 nitrogen and oxygen atoms in total. The number of ketones is 1. The van der Waals surface area contributed by atoms with Crippen molar-refractivity contribution in [3.8, 4) is 0 Å². The molecule has 2 N–H and O–H groups in total. The van der Waals surface area contributed by atoms with Crippen molar-refractivity contribution in [3.05, 3.63) is 53.3 Å². The van der Waals surface area contributed by atoms with Crippen LogP contribution in [0.5, 0.6) is 0 Å². The number of rotatable bonds is 9. The SMILES string of the molecule is CC(=O)N1CCC(Nc2nccc(C(=O)CCC(O)CCC3Cc4ccccc4C3)n2)CC1. The molecule has 2 aromatic rings. The molecule has 33 heavy (non-hydrogen) atoms. The van der Waals surface area contributed by atoms with Crippen LogP contribution in [0.1, 0.15) is 67.1 Å². The molecule has 176 valence electrons. The zero-order valence-electron chi connectivity index (χ0n) is 19.4. The highest BCUT2D eigenvalue weighted by Crippen LogP contribution is 2.30. The van der Waals surface area contributed by atoms with Gasteiger partial charge in [-0.15, -0.1) is 0 Å². The number of benzene rings is 1. The monoisotopic (exact) mass is 450 g/mol. The molecule has 0 saturated carbocycles. The minimum atomic E-state index is -0.469. The lowest BCUT2D eigenvalue weighted by molar-refractivity contribution is -0.129. The maximum atomic E-state index is 12.6. The lowest BCUT2D eigenvalue weighted by Crippen LogP contribution is -2.41. The molecule has 0 bridgehead atoms. The number of hydrogen-bond acceptors (Lipinski definition) is 6. The topological polar surface area (TPSA) is 95.4 Å². The molecule has 1 aromatic heterocycles. The highest BCUT2D eigenvalue weighted by atomic mass is 16.3. The van der Waals surface area contributed by atoms with Gasteiger partial charge in [-0.1, -0.05) is 24.3 Å². The second-order valence-corrected chi connectivity index (χ2v) is 9.43. The summed E-state index contributed by atoms with van der Waals surface area (Å²) >= 11 is 0. The molecular weight excluding hydrogens is 416 g/mol. The van der Waals surface area contributed by atoms with Crippen LogP contribution in [-0.4, -0.2) is 56.9 Å². The quantitative estimate of drug-likeness (QED) is 0.569. The van der Waals surface area contributed by atoms with Crippen LogP contribution in [0.4, 0.5) is 5.95 Å². The van der Waals surface area contributed by atoms with E-state index in [-0.39, 0.29) is 24.2 Å². The number of nitrogens with one attached hydrogen (secondary N) is 1. The van der Waals surface area contributed by atoms with E-state index in [0.29, 0.717) is 24.0 Å². The second-order valence-electron chi connectivity index (χ2n) is 9.43. The average molecular weight is 451 g/mol. The van der Waals surface area contributed by atoms with Gasteiger partial charge in [-0.3, -0.25) is 9.59 Å². The minimum absolute atomic E-state index is 0.0702. The van der Waals surface area contributed by atoms with E-state index in [0.717, 1.165) is 51.6 Å². The van der Waals surface area contributed by atoms with Gasteiger partial charge in [0.15, 0.2) is 5.78 Å². The molecule has 1 unspecified atom stereocenters. The Morgan fingerprint density at radius 1 is 1.12 bits per heavy atom. The van der Waals surface area contributed by atoms with Gasteiger partial charge in [-0.25, -0.2) is 9.97 Å². The first kappa shape index (κ1) is 23.4. The van der Waals surface area contributed by atoms with Gasteiger partial charge in [0.2, 0.25) is 11.9 Å². The number of aromatic nitrogens is 2. The van der Waals surface area contributed by atoms with Crippen molar-refractivity contribution in [2.75, 3.05) is 18.4 Å². The molecule has 1 aliphatic carbocycles. The molecule has 1 amide bonds. The van der Waals surface area contributed by atoms with Gasteiger partial charge in [0.25, 0.3) is 0 Å². The molecule has 1 saturated heterocycles. The predicted octanol–water partition coefficient (Wildman–Crippen LogP) is 3.42. The largest absolute Gasteiger partial charge is 0.393 e. The normalized spacial score (nSPS) is 17.6. The Hall–Kier alpha value is -2.80. The summed E-state index contributed by atoms with van der Waals surface area (Å²) in [6.45, 7) is 3.03. The average Bonchev–Trinajstić information content (AvgIpc) is 3.25. The number of fused-ring (bicyclic) bond motifs is 1. The molecule has 4 rings (SSSR count). The van der Waals surface area contributed by atoms with Crippen molar-refractivity contribution < 1.29 is 14.7 Å². The Balaban J connectivity index is 1.19. The number of carbonyl (C=O) groups is 2. The van der Waals surface area contributed by atoms with Gasteiger partial charge in [-0.05, 0) is 68.1 Å². The summed E-state index contributed by atoms with van der Waals surface area (Å²) in [7, 11) is 0. The maximum Gasteiger partial charge on any atom is 0.223 e. The summed E-state index contributed by atoms with van der Waals surface area (Å²) in [4.78, 5) is 34.6. The fourth-order valence-corrected chi connectivity index (χ4v) is 4.96. The van der Waals surface area contributed by atoms with Gasteiger partial charge in [-0.2, -0.15) is 0 Å². The first-order chi connectivity index (χ1) is 16.0. The molecule has 1 atom stereocenters. The Kier molecular flexibility index (Phi) is 7.70. The van der Waals surface area contributed by atoms with Crippen LogP contribution in [0.2, 0.25) is 0 Å². The van der Waals surface area contributed by atoms with E-state index in [2.05, 4.69) is 39.6 Å². The van der Waals surface area contributed by atoms with Crippen molar-refractivity contribution in [2.24, 2.45) is 5.92 Å². The summed E-state index contributed by atoms with van der Waals surface area (Å²) in [5.74, 6) is 1.07. The van der Waals surface area contributed by atoms with E-state index in [1.165, 1.54) is 11.1 Å². The molecule has 7 heteroatoms. The van der Waals surface area contributed by atoms with E-state index in [1.807, 2.05) is 4.90 Å². The number of amides is 1. The number of aliphatic hydroxyl groups is 1. The van der Waals surface area contributed by atoms with Crippen LogP contribution in [-0.2, 0) is 17.6 Å². The van der Waals surface area contributed by atoms with Crippen molar-refractivity contribution in [1.82, 2.24) is 14.9 Å². The Morgan fingerprint density at radius 2 is 1.82 bits per heavy atom. The molecule has 1 aromatic carbocycles. The van der Waals surface area contributed by atoms with Crippen molar-refractivity contribution in [1.29, 1.82) is 0 Å². The first-order valence-electron chi connectivity index (χ1n) is 12.1. The van der Waals surface area contributed by atoms with E-state index in [1.54, 1.807) is 19.2 Å². The highest BCUT2D eigenvalue weighted by molar-refractivity contribution is 5.94. The third-order valence-corrected chi connectivity index (χ3v) is 6.96. The molecule has 1 aliphatic heterocycles. The number of carbonyl (C=O) groups excluding carboxylic acids is 2.